The Morgan fingerprint density at radius 1 is 1.17 bits per heavy atom. The number of aliphatic hydroxyl groups excluding tert-OH is 1. The van der Waals surface area contributed by atoms with Gasteiger partial charge in [0.05, 0.1) is 12.2 Å². The van der Waals surface area contributed by atoms with Crippen molar-refractivity contribution >= 4 is 23.2 Å². The van der Waals surface area contributed by atoms with Crippen LogP contribution in [0.3, 0.4) is 0 Å². The summed E-state index contributed by atoms with van der Waals surface area (Å²) in [6.45, 7) is 6.71. The van der Waals surface area contributed by atoms with Crippen LogP contribution in [0, 0.1) is 0 Å². The Bertz CT molecular complexity index is 1650. The predicted molar refractivity (Wildman–Crippen MR) is 163 cm³/mol. The molecule has 6 rings (SSSR count). The van der Waals surface area contributed by atoms with E-state index in [2.05, 4.69) is 31.7 Å². The first-order valence-corrected chi connectivity index (χ1v) is 14.7. The Balaban J connectivity index is 1.35. The van der Waals surface area contributed by atoms with E-state index in [1.807, 2.05) is 6.07 Å². The van der Waals surface area contributed by atoms with Crippen LogP contribution in [-0.4, -0.2) is 68.6 Å². The zero-order chi connectivity index (χ0) is 29.4. The van der Waals surface area contributed by atoms with Crippen LogP contribution in [0.25, 0.3) is 11.1 Å². The van der Waals surface area contributed by atoms with Gasteiger partial charge in [0.1, 0.15) is 17.3 Å². The maximum absolute atomic E-state index is 13.7. The molecule has 4 N–H and O–H groups in total. The number of anilines is 1. The van der Waals surface area contributed by atoms with E-state index >= 15 is 0 Å². The number of hydrogen-bond acceptors (Lipinski definition) is 7. The highest BCUT2D eigenvalue weighted by molar-refractivity contribution is 6.08. The zero-order valence-electron chi connectivity index (χ0n) is 24.3. The number of piperazine rings is 1. The van der Waals surface area contributed by atoms with Crippen LogP contribution in [0.4, 0.5) is 11.5 Å². The Morgan fingerprint density at radius 3 is 2.83 bits per heavy atom. The van der Waals surface area contributed by atoms with Crippen LogP contribution >= 0.6 is 0 Å². The molecule has 42 heavy (non-hydrogen) atoms. The number of nitrogens with zero attached hydrogens (tertiary/aromatic N) is 6. The third-order valence-corrected chi connectivity index (χ3v) is 8.52. The number of amides is 1. The van der Waals surface area contributed by atoms with E-state index in [0.29, 0.717) is 29.1 Å². The molecule has 11 heteroatoms. The predicted octanol–water partition coefficient (Wildman–Crippen LogP) is 2.08. The quantitative estimate of drug-likeness (QED) is 0.305. The second-order valence-corrected chi connectivity index (χ2v) is 11.2. The number of pyridine rings is 2. The van der Waals surface area contributed by atoms with Gasteiger partial charge < -0.3 is 25.3 Å². The van der Waals surface area contributed by atoms with Gasteiger partial charge in [0.15, 0.2) is 0 Å². The molecule has 0 unspecified atom stereocenters. The maximum atomic E-state index is 13.7. The number of aliphatic imine (C=N–C) groups is 1. The van der Waals surface area contributed by atoms with E-state index in [1.54, 1.807) is 42.6 Å². The summed E-state index contributed by atoms with van der Waals surface area (Å²) >= 11 is 0. The van der Waals surface area contributed by atoms with Crippen LogP contribution in [-0.2, 0) is 33.0 Å². The highest BCUT2D eigenvalue weighted by Crippen LogP contribution is 2.35. The number of rotatable bonds is 6. The number of hydrogen-bond donors (Lipinski definition) is 3. The standard InChI is InChI=1S/C31H38N8O3/c1-3-37-13-10-33-21(18-37)15-28(32)35-26-14-20(17-36(2)31(26)42)23-7-9-34-29(25(23)19-40)39-12-8-27-24(30(39)41)16-22-6-4-5-11-38(22)27/h7,9,14-17,33,40H,3-6,8,10-13,18-19H2,1-2H3,(H2,32,35)/b21-15-. The number of carbonyl (C=O) groups excluding carboxylic acids is 1. The highest BCUT2D eigenvalue weighted by atomic mass is 16.3. The molecule has 3 aliphatic heterocycles. The monoisotopic (exact) mass is 570 g/mol. The number of nitrogens with one attached hydrogen (secondary N) is 1. The Hall–Kier alpha value is -4.22. The van der Waals surface area contributed by atoms with Crippen LogP contribution in [0.1, 0.15) is 47.1 Å². The fourth-order valence-corrected chi connectivity index (χ4v) is 6.36. The number of likely N-dealkylation sites (N-methyl/N-ethyl adjacent to an activating group) is 1. The number of aliphatic hydroxyl groups is 1. The molecule has 1 amide bonds. The third-order valence-electron chi connectivity index (χ3n) is 8.52. The lowest BCUT2D eigenvalue weighted by Crippen LogP contribution is -2.42. The molecular formula is C31H38N8O3. The van der Waals surface area contributed by atoms with Crippen molar-refractivity contribution in [3.05, 3.63) is 75.2 Å². The van der Waals surface area contributed by atoms with E-state index < -0.39 is 0 Å². The molecule has 1 fully saturated rings. The third kappa shape index (κ3) is 5.14. The van der Waals surface area contributed by atoms with E-state index in [0.717, 1.165) is 75.4 Å². The van der Waals surface area contributed by atoms with Gasteiger partial charge in [-0.3, -0.25) is 19.4 Å². The van der Waals surface area contributed by atoms with Crippen molar-refractivity contribution in [2.45, 2.75) is 45.8 Å². The number of fused-ring (bicyclic) bond motifs is 3. The molecule has 1 saturated heterocycles. The van der Waals surface area contributed by atoms with Crippen LogP contribution in [0.5, 0.6) is 0 Å². The Labute approximate surface area is 245 Å². The first kappa shape index (κ1) is 27.9. The first-order valence-electron chi connectivity index (χ1n) is 14.7. The number of carbonyl (C=O) groups is 1. The van der Waals surface area contributed by atoms with E-state index in [9.17, 15) is 14.7 Å². The first-order chi connectivity index (χ1) is 20.4. The fourth-order valence-electron chi connectivity index (χ4n) is 6.36. The highest BCUT2D eigenvalue weighted by Gasteiger charge is 2.32. The molecule has 0 spiro atoms. The minimum absolute atomic E-state index is 0.0953. The number of aryl methyl sites for hydroxylation is 2. The normalized spacial score (nSPS) is 18.6. The topological polar surface area (TPSA) is 134 Å². The minimum Gasteiger partial charge on any atom is -0.392 e. The minimum atomic E-state index is -0.323. The van der Waals surface area contributed by atoms with E-state index in [1.165, 1.54) is 10.3 Å². The molecule has 3 aromatic rings. The van der Waals surface area contributed by atoms with Gasteiger partial charge in [0.2, 0.25) is 0 Å². The van der Waals surface area contributed by atoms with Crippen molar-refractivity contribution in [3.63, 3.8) is 0 Å². The molecule has 3 aliphatic rings. The average Bonchev–Trinajstić information content (AvgIpc) is 3.39. The molecule has 3 aromatic heterocycles. The summed E-state index contributed by atoms with van der Waals surface area (Å²) < 4.78 is 3.76. The van der Waals surface area contributed by atoms with Gasteiger partial charge in [0.25, 0.3) is 11.5 Å². The Kier molecular flexibility index (Phi) is 7.70. The zero-order valence-corrected chi connectivity index (χ0v) is 24.3. The molecule has 0 aromatic carbocycles. The Morgan fingerprint density at radius 2 is 2.02 bits per heavy atom. The summed E-state index contributed by atoms with van der Waals surface area (Å²) in [7, 11) is 1.66. The maximum Gasteiger partial charge on any atom is 0.276 e. The summed E-state index contributed by atoms with van der Waals surface area (Å²) in [5.74, 6) is 0.566. The summed E-state index contributed by atoms with van der Waals surface area (Å²) in [5, 5.41) is 13.9. The van der Waals surface area contributed by atoms with Crippen molar-refractivity contribution < 1.29 is 9.90 Å². The van der Waals surface area contributed by atoms with Crippen LogP contribution in [0.2, 0.25) is 0 Å². The van der Waals surface area contributed by atoms with Crippen molar-refractivity contribution in [2.24, 2.45) is 17.8 Å². The summed E-state index contributed by atoms with van der Waals surface area (Å²) in [5.41, 5.74) is 12.0. The number of aromatic nitrogens is 3. The second-order valence-electron chi connectivity index (χ2n) is 11.2. The smallest absolute Gasteiger partial charge is 0.276 e. The van der Waals surface area contributed by atoms with Crippen molar-refractivity contribution in [2.75, 3.05) is 37.6 Å². The summed E-state index contributed by atoms with van der Waals surface area (Å²) in [6, 6.07) is 5.50. The second kappa shape index (κ2) is 11.6. The van der Waals surface area contributed by atoms with Gasteiger partial charge in [-0.2, -0.15) is 0 Å². The lowest BCUT2D eigenvalue weighted by Gasteiger charge is -2.29. The summed E-state index contributed by atoms with van der Waals surface area (Å²) in [4.78, 5) is 39.8. The molecular weight excluding hydrogens is 532 g/mol. The van der Waals surface area contributed by atoms with E-state index in [-0.39, 0.29) is 29.6 Å². The van der Waals surface area contributed by atoms with Gasteiger partial charge in [-0.05, 0) is 49.6 Å². The van der Waals surface area contributed by atoms with Gasteiger partial charge in [-0.25, -0.2) is 9.98 Å². The van der Waals surface area contributed by atoms with Gasteiger partial charge in [-0.1, -0.05) is 6.92 Å². The van der Waals surface area contributed by atoms with Crippen molar-refractivity contribution in [3.8, 4) is 11.1 Å². The largest absolute Gasteiger partial charge is 0.392 e. The molecule has 0 bridgehead atoms. The van der Waals surface area contributed by atoms with Gasteiger partial charge in [0, 0.05) is 92.9 Å². The SMILES string of the molecule is CCN1CCN/C(=C\C(N)=Nc2cc(-c3ccnc(N4CCc5c(cc6n5CCCC6)C4=O)c3CO)cn(C)c2=O)C1. The number of amidine groups is 1. The van der Waals surface area contributed by atoms with Crippen LogP contribution in [0.15, 0.2) is 52.2 Å². The average molecular weight is 571 g/mol. The van der Waals surface area contributed by atoms with Crippen LogP contribution < -0.4 is 21.5 Å². The molecule has 0 atom stereocenters. The summed E-state index contributed by atoms with van der Waals surface area (Å²) in [6.07, 6.45) is 9.11. The lowest BCUT2D eigenvalue weighted by atomic mass is 10.0. The molecule has 220 valence electrons. The van der Waals surface area contributed by atoms with Gasteiger partial charge >= 0.3 is 0 Å². The van der Waals surface area contributed by atoms with Crippen molar-refractivity contribution in [1.82, 2.24) is 24.3 Å². The fraction of sp³-hybridized carbons (Fsp3) is 0.419. The molecule has 0 radical (unpaired) electrons. The lowest BCUT2D eigenvalue weighted by molar-refractivity contribution is 0.0978. The molecule has 11 nitrogen and oxygen atoms in total. The van der Waals surface area contributed by atoms with Gasteiger partial charge in [-0.15, -0.1) is 0 Å². The molecule has 0 aliphatic carbocycles. The van der Waals surface area contributed by atoms with E-state index in [4.69, 9.17) is 5.73 Å². The van der Waals surface area contributed by atoms with Crippen molar-refractivity contribution in [1.29, 1.82) is 0 Å². The molecule has 0 saturated carbocycles. The number of nitrogens with two attached hydrogens (primary N) is 1. The molecule has 6 heterocycles.